The van der Waals surface area contributed by atoms with Gasteiger partial charge in [-0.2, -0.15) is 5.10 Å². The predicted molar refractivity (Wildman–Crippen MR) is 107 cm³/mol. The molecule has 5 heteroatoms. The van der Waals surface area contributed by atoms with Gasteiger partial charge in [-0.05, 0) is 24.4 Å². The summed E-state index contributed by atoms with van der Waals surface area (Å²) >= 11 is 0. The highest BCUT2D eigenvalue weighted by molar-refractivity contribution is 5.99. The summed E-state index contributed by atoms with van der Waals surface area (Å²) in [6.07, 6.45) is 2.77. The van der Waals surface area contributed by atoms with Crippen LogP contribution in [0.5, 0.6) is 0 Å². The number of aromatic amines is 1. The second-order valence-corrected chi connectivity index (χ2v) is 6.98. The van der Waals surface area contributed by atoms with Crippen molar-refractivity contribution in [3.05, 3.63) is 78.0 Å². The molecule has 1 amide bonds. The summed E-state index contributed by atoms with van der Waals surface area (Å²) in [5.74, 6) is 0.516. The Morgan fingerprint density at radius 1 is 1.11 bits per heavy atom. The van der Waals surface area contributed by atoms with E-state index in [0.29, 0.717) is 18.0 Å². The molecular weight excluding hydrogens is 336 g/mol. The molecule has 1 fully saturated rings. The number of carbonyl (C=O) groups excluding carboxylic acids is 1. The summed E-state index contributed by atoms with van der Waals surface area (Å²) in [5.41, 5.74) is 3.73. The zero-order valence-electron chi connectivity index (χ0n) is 15.3. The van der Waals surface area contributed by atoms with E-state index in [4.69, 9.17) is 0 Å². The van der Waals surface area contributed by atoms with Crippen molar-refractivity contribution >= 4 is 5.91 Å². The molecule has 1 aliphatic rings. The largest absolute Gasteiger partial charge is 0.351 e. The Morgan fingerprint density at radius 3 is 2.63 bits per heavy atom. The Bertz CT molecular complexity index is 876. The van der Waals surface area contributed by atoms with Crippen molar-refractivity contribution in [1.82, 2.24) is 20.4 Å². The third-order valence-corrected chi connectivity index (χ3v) is 5.20. The first-order valence-corrected chi connectivity index (χ1v) is 9.45. The van der Waals surface area contributed by atoms with Crippen molar-refractivity contribution < 1.29 is 4.79 Å². The second-order valence-electron chi connectivity index (χ2n) is 6.98. The van der Waals surface area contributed by atoms with Gasteiger partial charge in [0.05, 0.1) is 17.5 Å². The van der Waals surface area contributed by atoms with Gasteiger partial charge in [0.1, 0.15) is 0 Å². The molecule has 2 N–H and O–H groups in total. The van der Waals surface area contributed by atoms with Crippen molar-refractivity contribution in [2.45, 2.75) is 12.3 Å². The highest BCUT2D eigenvalue weighted by Crippen LogP contribution is 2.26. The van der Waals surface area contributed by atoms with Crippen LogP contribution in [0.25, 0.3) is 11.3 Å². The predicted octanol–water partition coefficient (Wildman–Crippen LogP) is 3.30. The number of nitrogens with one attached hydrogen (secondary N) is 2. The van der Waals surface area contributed by atoms with Crippen molar-refractivity contribution in [2.24, 2.45) is 0 Å². The van der Waals surface area contributed by atoms with E-state index in [1.54, 1.807) is 6.20 Å². The maximum atomic E-state index is 12.6. The second kappa shape index (κ2) is 8.18. The number of likely N-dealkylation sites (tertiary alicyclic amines) is 1. The summed E-state index contributed by atoms with van der Waals surface area (Å²) in [7, 11) is 0. The smallest absolute Gasteiger partial charge is 0.255 e. The molecule has 0 unspecified atom stereocenters. The molecule has 0 bridgehead atoms. The molecule has 0 saturated carbocycles. The van der Waals surface area contributed by atoms with E-state index in [1.165, 1.54) is 12.0 Å². The minimum absolute atomic E-state index is 0.0820. The zero-order valence-corrected chi connectivity index (χ0v) is 15.3. The zero-order chi connectivity index (χ0) is 18.5. The van der Waals surface area contributed by atoms with Gasteiger partial charge in [-0.3, -0.25) is 9.89 Å². The fraction of sp³-hybridized carbons (Fsp3) is 0.273. The molecule has 2 heterocycles. The monoisotopic (exact) mass is 360 g/mol. The van der Waals surface area contributed by atoms with Gasteiger partial charge < -0.3 is 10.2 Å². The molecule has 5 nitrogen and oxygen atoms in total. The molecule has 1 aromatic heterocycles. The third-order valence-electron chi connectivity index (χ3n) is 5.20. The van der Waals surface area contributed by atoms with Crippen molar-refractivity contribution in [3.63, 3.8) is 0 Å². The van der Waals surface area contributed by atoms with E-state index in [0.717, 1.165) is 30.9 Å². The van der Waals surface area contributed by atoms with Crippen LogP contribution in [0.2, 0.25) is 0 Å². The summed E-state index contributed by atoms with van der Waals surface area (Å²) in [4.78, 5) is 15.0. The first-order valence-electron chi connectivity index (χ1n) is 9.45. The molecule has 1 saturated heterocycles. The summed E-state index contributed by atoms with van der Waals surface area (Å²) in [6.45, 7) is 3.64. The number of nitrogens with zero attached hydrogens (tertiary/aromatic N) is 2. The van der Waals surface area contributed by atoms with Crippen LogP contribution in [0, 0.1) is 0 Å². The van der Waals surface area contributed by atoms with Crippen LogP contribution in [0.3, 0.4) is 0 Å². The maximum absolute atomic E-state index is 12.6. The standard InChI is InChI=1S/C22H24N4O/c27-22(20-15-24-25-21(20)18-9-5-2-6-10-18)23-12-14-26-13-11-19(16-26)17-7-3-1-4-8-17/h1-10,15,19H,11-14,16H2,(H,23,27)(H,24,25)/t19-/m0/s1. The SMILES string of the molecule is O=C(NCCN1CC[C@H](c2ccccc2)C1)c1cn[nH]c1-c1ccccc1. The van der Waals surface area contributed by atoms with Crippen LogP contribution in [-0.4, -0.2) is 47.2 Å². The normalized spacial score (nSPS) is 17.1. The van der Waals surface area contributed by atoms with Crippen molar-refractivity contribution in [3.8, 4) is 11.3 Å². The molecule has 0 spiro atoms. The van der Waals surface area contributed by atoms with Gasteiger partial charge >= 0.3 is 0 Å². The van der Waals surface area contributed by atoms with E-state index < -0.39 is 0 Å². The van der Waals surface area contributed by atoms with Crippen LogP contribution >= 0.6 is 0 Å². The Labute approximate surface area is 159 Å². The Balaban J connectivity index is 1.29. The van der Waals surface area contributed by atoms with Crippen LogP contribution in [0.15, 0.2) is 66.9 Å². The number of carbonyl (C=O) groups is 1. The topological polar surface area (TPSA) is 61.0 Å². The van der Waals surface area contributed by atoms with Crippen LogP contribution in [0.1, 0.15) is 28.3 Å². The number of aromatic nitrogens is 2. The van der Waals surface area contributed by atoms with E-state index in [1.807, 2.05) is 30.3 Å². The average molecular weight is 360 g/mol. The lowest BCUT2D eigenvalue weighted by Gasteiger charge is -2.16. The summed E-state index contributed by atoms with van der Waals surface area (Å²) in [6, 6.07) is 20.5. The summed E-state index contributed by atoms with van der Waals surface area (Å²) < 4.78 is 0. The first-order chi connectivity index (χ1) is 13.3. The molecule has 27 heavy (non-hydrogen) atoms. The molecule has 0 aliphatic carbocycles. The van der Waals surface area contributed by atoms with E-state index in [2.05, 4.69) is 50.7 Å². The summed E-state index contributed by atoms with van der Waals surface area (Å²) in [5, 5.41) is 10.0. The quantitative estimate of drug-likeness (QED) is 0.709. The Kier molecular flexibility index (Phi) is 5.30. The van der Waals surface area contributed by atoms with Gasteiger partial charge in [0.2, 0.25) is 0 Å². The first kappa shape index (κ1) is 17.5. The number of amides is 1. The minimum Gasteiger partial charge on any atom is -0.351 e. The van der Waals surface area contributed by atoms with Gasteiger partial charge in [0.15, 0.2) is 0 Å². The maximum Gasteiger partial charge on any atom is 0.255 e. The van der Waals surface area contributed by atoms with Gasteiger partial charge in [-0.1, -0.05) is 60.7 Å². The highest BCUT2D eigenvalue weighted by Gasteiger charge is 2.23. The van der Waals surface area contributed by atoms with E-state index in [-0.39, 0.29) is 5.91 Å². The number of benzene rings is 2. The van der Waals surface area contributed by atoms with Gasteiger partial charge in [-0.15, -0.1) is 0 Å². The van der Waals surface area contributed by atoms with Crippen LogP contribution < -0.4 is 5.32 Å². The molecule has 2 aromatic carbocycles. The number of rotatable bonds is 6. The lowest BCUT2D eigenvalue weighted by molar-refractivity contribution is 0.0950. The minimum atomic E-state index is -0.0820. The van der Waals surface area contributed by atoms with Gasteiger partial charge in [0.25, 0.3) is 5.91 Å². The molecule has 1 aliphatic heterocycles. The molecule has 1 atom stereocenters. The Morgan fingerprint density at radius 2 is 1.85 bits per heavy atom. The fourth-order valence-electron chi connectivity index (χ4n) is 3.74. The number of hydrogen-bond acceptors (Lipinski definition) is 3. The van der Waals surface area contributed by atoms with Crippen molar-refractivity contribution in [1.29, 1.82) is 0 Å². The average Bonchev–Trinajstić information content (AvgIpc) is 3.39. The Hall–Kier alpha value is -2.92. The van der Waals surface area contributed by atoms with Crippen molar-refractivity contribution in [2.75, 3.05) is 26.2 Å². The molecule has 0 radical (unpaired) electrons. The van der Waals surface area contributed by atoms with E-state index in [9.17, 15) is 4.79 Å². The fourth-order valence-corrected chi connectivity index (χ4v) is 3.74. The third kappa shape index (κ3) is 4.09. The van der Waals surface area contributed by atoms with Crippen LogP contribution in [-0.2, 0) is 0 Å². The lowest BCUT2D eigenvalue weighted by Crippen LogP contribution is -2.33. The van der Waals surface area contributed by atoms with E-state index >= 15 is 0 Å². The van der Waals surface area contributed by atoms with Gasteiger partial charge in [0, 0.05) is 25.2 Å². The molecule has 138 valence electrons. The number of hydrogen-bond donors (Lipinski definition) is 2. The van der Waals surface area contributed by atoms with Gasteiger partial charge in [-0.25, -0.2) is 0 Å². The highest BCUT2D eigenvalue weighted by atomic mass is 16.1. The molecule has 3 aromatic rings. The number of H-pyrrole nitrogens is 1. The lowest BCUT2D eigenvalue weighted by atomic mass is 9.99. The van der Waals surface area contributed by atoms with Crippen LogP contribution in [0.4, 0.5) is 0 Å². The molecule has 4 rings (SSSR count). The molecular formula is C22H24N4O.